The van der Waals surface area contributed by atoms with E-state index in [1.165, 1.54) is 6.07 Å². The van der Waals surface area contributed by atoms with Gasteiger partial charge in [0.1, 0.15) is 0 Å². The average molecular weight is 325 g/mol. The molecule has 4 nitrogen and oxygen atoms in total. The van der Waals surface area contributed by atoms with E-state index < -0.39 is 10.0 Å². The van der Waals surface area contributed by atoms with Crippen LogP contribution < -0.4 is 10.5 Å². The van der Waals surface area contributed by atoms with Gasteiger partial charge in [0.2, 0.25) is 10.0 Å². The lowest BCUT2D eigenvalue weighted by atomic mass is 10.2. The molecule has 2 rings (SSSR count). The number of rotatable bonds is 5. The average Bonchev–Trinajstić information content (AvgIpc) is 3.13. The zero-order chi connectivity index (χ0) is 13.3. The topological polar surface area (TPSA) is 72.2 Å². The van der Waals surface area contributed by atoms with Crippen molar-refractivity contribution in [1.29, 1.82) is 0 Å². The van der Waals surface area contributed by atoms with Gasteiger partial charge in [0.25, 0.3) is 0 Å². The van der Waals surface area contributed by atoms with E-state index in [4.69, 9.17) is 17.3 Å². The number of nitrogens with one attached hydrogen (secondary N) is 1. The number of hydrogen-bond acceptors (Lipinski definition) is 3. The van der Waals surface area contributed by atoms with Gasteiger partial charge in [0.05, 0.1) is 4.90 Å². The Morgan fingerprint density at radius 1 is 1.47 bits per heavy atom. The predicted octanol–water partition coefficient (Wildman–Crippen LogP) is 2.09. The van der Waals surface area contributed by atoms with Crippen LogP contribution in [0.3, 0.4) is 0 Å². The molecule has 0 saturated heterocycles. The molecular formula is C12H18Cl2N2O2S. The van der Waals surface area contributed by atoms with Gasteiger partial charge < -0.3 is 5.73 Å². The molecule has 7 heteroatoms. The minimum atomic E-state index is -3.51. The number of benzene rings is 1. The van der Waals surface area contributed by atoms with Crippen LogP contribution in [0, 0.1) is 12.8 Å². The molecule has 1 saturated carbocycles. The fourth-order valence-electron chi connectivity index (χ4n) is 1.72. The largest absolute Gasteiger partial charge is 0.326 e. The highest BCUT2D eigenvalue weighted by Crippen LogP contribution is 2.31. The third-order valence-corrected chi connectivity index (χ3v) is 5.02. The number of hydrogen-bond donors (Lipinski definition) is 2. The predicted molar refractivity (Wildman–Crippen MR) is 79.3 cm³/mol. The first kappa shape index (κ1) is 16.7. The van der Waals surface area contributed by atoms with Crippen LogP contribution in [0.25, 0.3) is 0 Å². The first-order valence-corrected chi connectivity index (χ1v) is 7.77. The molecular weight excluding hydrogens is 307 g/mol. The van der Waals surface area contributed by atoms with Gasteiger partial charge in [-0.3, -0.25) is 0 Å². The molecule has 0 spiro atoms. The van der Waals surface area contributed by atoms with Gasteiger partial charge in [-0.25, -0.2) is 13.1 Å². The Morgan fingerprint density at radius 2 is 2.11 bits per heavy atom. The summed E-state index contributed by atoms with van der Waals surface area (Å²) in [5.41, 5.74) is 6.72. The number of nitrogens with two attached hydrogens (primary N) is 1. The Bertz CT molecular complexity index is 545. The van der Waals surface area contributed by atoms with E-state index >= 15 is 0 Å². The number of halogens is 2. The molecule has 1 fully saturated rings. The van der Waals surface area contributed by atoms with Gasteiger partial charge in [-0.05, 0) is 43.4 Å². The summed E-state index contributed by atoms with van der Waals surface area (Å²) in [4.78, 5) is 0.182. The zero-order valence-corrected chi connectivity index (χ0v) is 13.0. The molecule has 0 aromatic heterocycles. The summed E-state index contributed by atoms with van der Waals surface area (Å²) in [6.45, 7) is 2.10. The third kappa shape index (κ3) is 4.33. The minimum absolute atomic E-state index is 0. The molecule has 0 aliphatic heterocycles. The summed E-state index contributed by atoms with van der Waals surface area (Å²) >= 11 is 5.93. The molecule has 0 heterocycles. The molecule has 19 heavy (non-hydrogen) atoms. The highest BCUT2D eigenvalue weighted by molar-refractivity contribution is 7.89. The Morgan fingerprint density at radius 3 is 2.63 bits per heavy atom. The van der Waals surface area contributed by atoms with Crippen LogP contribution >= 0.6 is 24.0 Å². The standard InChI is InChI=1S/C12H17ClN2O2S.ClH/c1-8-2-5-10(6-11(8)13)18(16,17)15-7-12(14)9-3-4-9;/h2,5-6,9,12,15H,3-4,7,14H2,1H3;1H. The van der Waals surface area contributed by atoms with Crippen molar-refractivity contribution in [2.75, 3.05) is 6.54 Å². The van der Waals surface area contributed by atoms with Crippen molar-refractivity contribution in [2.24, 2.45) is 11.7 Å². The summed E-state index contributed by atoms with van der Waals surface area (Å²) in [7, 11) is -3.51. The molecule has 0 bridgehead atoms. The molecule has 108 valence electrons. The van der Waals surface area contributed by atoms with Crippen LogP contribution in [0.1, 0.15) is 18.4 Å². The summed E-state index contributed by atoms with van der Waals surface area (Å²) in [5.74, 6) is 0.467. The highest BCUT2D eigenvalue weighted by Gasteiger charge is 2.29. The summed E-state index contributed by atoms with van der Waals surface area (Å²) < 4.78 is 26.6. The van der Waals surface area contributed by atoms with Crippen molar-refractivity contribution < 1.29 is 8.42 Å². The van der Waals surface area contributed by atoms with Gasteiger partial charge >= 0.3 is 0 Å². The van der Waals surface area contributed by atoms with Crippen molar-refractivity contribution in [2.45, 2.75) is 30.7 Å². The molecule has 1 aliphatic carbocycles. The van der Waals surface area contributed by atoms with Gasteiger partial charge in [0, 0.05) is 17.6 Å². The van der Waals surface area contributed by atoms with E-state index in [0.717, 1.165) is 18.4 Å². The Hall–Kier alpha value is -0.330. The first-order chi connectivity index (χ1) is 8.40. The molecule has 0 amide bonds. The second-order valence-electron chi connectivity index (χ2n) is 4.76. The lowest BCUT2D eigenvalue weighted by molar-refractivity contribution is 0.547. The molecule has 1 unspecified atom stereocenters. The molecule has 3 N–H and O–H groups in total. The Kier molecular flexibility index (Phi) is 5.65. The molecule has 1 aromatic rings. The SMILES string of the molecule is Cc1ccc(S(=O)(=O)NCC(N)C2CC2)cc1Cl.Cl. The number of aryl methyl sites for hydroxylation is 1. The van der Waals surface area contributed by atoms with E-state index in [-0.39, 0.29) is 29.9 Å². The second-order valence-corrected chi connectivity index (χ2v) is 6.94. The molecule has 0 radical (unpaired) electrons. The van der Waals surface area contributed by atoms with Crippen LogP contribution in [0.15, 0.2) is 23.1 Å². The maximum Gasteiger partial charge on any atom is 0.240 e. The lowest BCUT2D eigenvalue weighted by Crippen LogP contribution is -2.38. The summed E-state index contributed by atoms with van der Waals surface area (Å²) in [5, 5.41) is 0.448. The fraction of sp³-hybridized carbons (Fsp3) is 0.500. The fourth-order valence-corrected chi connectivity index (χ4v) is 3.07. The van der Waals surface area contributed by atoms with Gasteiger partial charge in [-0.15, -0.1) is 12.4 Å². The van der Waals surface area contributed by atoms with E-state index in [1.807, 2.05) is 6.92 Å². The van der Waals surface area contributed by atoms with Crippen molar-refractivity contribution in [1.82, 2.24) is 4.72 Å². The first-order valence-electron chi connectivity index (χ1n) is 5.91. The van der Waals surface area contributed by atoms with E-state index in [9.17, 15) is 8.42 Å². The maximum atomic E-state index is 12.0. The van der Waals surface area contributed by atoms with Crippen LogP contribution in [0.4, 0.5) is 0 Å². The Labute approximate surface area is 125 Å². The van der Waals surface area contributed by atoms with Crippen molar-refractivity contribution in [3.8, 4) is 0 Å². The van der Waals surface area contributed by atoms with Gasteiger partial charge in [-0.1, -0.05) is 17.7 Å². The van der Waals surface area contributed by atoms with E-state index in [0.29, 0.717) is 10.9 Å². The van der Waals surface area contributed by atoms with E-state index in [1.54, 1.807) is 12.1 Å². The monoisotopic (exact) mass is 324 g/mol. The lowest BCUT2D eigenvalue weighted by Gasteiger charge is -2.12. The third-order valence-electron chi connectivity index (χ3n) is 3.19. The van der Waals surface area contributed by atoms with Gasteiger partial charge in [0.15, 0.2) is 0 Å². The molecule has 1 aliphatic rings. The number of sulfonamides is 1. The molecule has 1 aromatic carbocycles. The summed E-state index contributed by atoms with van der Waals surface area (Å²) in [6, 6.07) is 4.60. The zero-order valence-electron chi connectivity index (χ0n) is 10.6. The van der Waals surface area contributed by atoms with Crippen LogP contribution in [0.5, 0.6) is 0 Å². The maximum absolute atomic E-state index is 12.0. The highest BCUT2D eigenvalue weighted by atomic mass is 35.5. The van der Waals surface area contributed by atoms with Crippen LogP contribution in [-0.4, -0.2) is 21.0 Å². The summed E-state index contributed by atoms with van der Waals surface area (Å²) in [6.07, 6.45) is 2.19. The Balaban J connectivity index is 0.00000180. The van der Waals surface area contributed by atoms with E-state index in [2.05, 4.69) is 4.72 Å². The van der Waals surface area contributed by atoms with Crippen LogP contribution in [0.2, 0.25) is 5.02 Å². The molecule has 1 atom stereocenters. The minimum Gasteiger partial charge on any atom is -0.326 e. The van der Waals surface area contributed by atoms with Crippen molar-refractivity contribution >= 4 is 34.0 Å². The normalized spacial score (nSPS) is 16.8. The quantitative estimate of drug-likeness (QED) is 0.871. The van der Waals surface area contributed by atoms with Gasteiger partial charge in [-0.2, -0.15) is 0 Å². The smallest absolute Gasteiger partial charge is 0.240 e. The second kappa shape index (κ2) is 6.41. The van der Waals surface area contributed by atoms with Crippen molar-refractivity contribution in [3.63, 3.8) is 0 Å². The van der Waals surface area contributed by atoms with Crippen molar-refractivity contribution in [3.05, 3.63) is 28.8 Å². The van der Waals surface area contributed by atoms with Crippen LogP contribution in [-0.2, 0) is 10.0 Å².